The van der Waals surface area contributed by atoms with Crippen molar-refractivity contribution in [3.05, 3.63) is 0 Å². The van der Waals surface area contributed by atoms with Crippen LogP contribution in [0.15, 0.2) is 0 Å². The molecular weight excluding hydrogens is 386 g/mol. The second-order valence-electron chi connectivity index (χ2n) is 6.94. The number of carbonyl (C=O) groups excluding carboxylic acids is 5. The average molecular weight is 417 g/mol. The highest BCUT2D eigenvalue weighted by atomic mass is 16.3. The van der Waals surface area contributed by atoms with Crippen molar-refractivity contribution in [2.24, 2.45) is 11.7 Å². The predicted octanol–water partition coefficient (Wildman–Crippen LogP) is -3.87. The van der Waals surface area contributed by atoms with Gasteiger partial charge in [-0.25, -0.2) is 0 Å². The first-order valence-electron chi connectivity index (χ1n) is 9.12. The highest BCUT2D eigenvalue weighted by Gasteiger charge is 2.31. The lowest BCUT2D eigenvalue weighted by atomic mass is 10.0. The summed E-state index contributed by atoms with van der Waals surface area (Å²) in [6, 6.07) is -5.51. The number of nitrogens with two attached hydrogens (primary N) is 1. The Morgan fingerprint density at radius 1 is 0.793 bits per heavy atom. The summed E-state index contributed by atoms with van der Waals surface area (Å²) < 4.78 is 0. The number of carbonyl (C=O) groups is 5. The minimum Gasteiger partial charge on any atom is -0.394 e. The van der Waals surface area contributed by atoms with Crippen molar-refractivity contribution in [1.29, 1.82) is 0 Å². The van der Waals surface area contributed by atoms with Crippen LogP contribution in [-0.4, -0.2) is 83.6 Å². The Labute approximate surface area is 169 Å². The van der Waals surface area contributed by atoms with Gasteiger partial charge in [-0.3, -0.25) is 19.2 Å². The number of hydrogen-bond acceptors (Lipinski definition) is 8. The van der Waals surface area contributed by atoms with Crippen molar-refractivity contribution in [3.63, 3.8) is 0 Å². The molecule has 12 nitrogen and oxygen atoms in total. The summed E-state index contributed by atoms with van der Waals surface area (Å²) in [6.45, 7) is 4.62. The van der Waals surface area contributed by atoms with Crippen molar-refractivity contribution in [2.45, 2.75) is 57.9 Å². The van der Waals surface area contributed by atoms with E-state index in [0.29, 0.717) is 6.29 Å². The third-order valence-corrected chi connectivity index (χ3v) is 3.87. The minimum absolute atomic E-state index is 0.432. The summed E-state index contributed by atoms with van der Waals surface area (Å²) in [5.41, 5.74) is 5.41. The highest BCUT2D eigenvalue weighted by Crippen LogP contribution is 2.04. The average Bonchev–Trinajstić information content (AvgIpc) is 2.66. The maximum Gasteiger partial charge on any atom is 0.245 e. The van der Waals surface area contributed by atoms with Crippen molar-refractivity contribution in [1.82, 2.24) is 21.3 Å². The van der Waals surface area contributed by atoms with Gasteiger partial charge in [0.05, 0.1) is 25.3 Å². The Balaban J connectivity index is 5.16. The highest BCUT2D eigenvalue weighted by molar-refractivity contribution is 5.95. The molecule has 0 fully saturated rings. The Morgan fingerprint density at radius 2 is 1.24 bits per heavy atom. The van der Waals surface area contributed by atoms with E-state index in [2.05, 4.69) is 21.3 Å². The predicted molar refractivity (Wildman–Crippen MR) is 102 cm³/mol. The van der Waals surface area contributed by atoms with Crippen LogP contribution in [0.3, 0.4) is 0 Å². The molecule has 0 aromatic rings. The molecule has 4 amide bonds. The first-order valence-corrected chi connectivity index (χ1v) is 9.12. The number of hydrogen-bond donors (Lipinski definition) is 7. The number of rotatable bonds is 12. The molecular formula is C17H31N5O7. The quantitative estimate of drug-likeness (QED) is 0.156. The summed E-state index contributed by atoms with van der Waals surface area (Å²) >= 11 is 0. The van der Waals surface area contributed by atoms with Gasteiger partial charge in [0.1, 0.15) is 24.4 Å². The third kappa shape index (κ3) is 8.98. The second-order valence-corrected chi connectivity index (χ2v) is 6.94. The van der Waals surface area contributed by atoms with E-state index in [0.717, 1.165) is 0 Å². The first-order chi connectivity index (χ1) is 13.5. The fourth-order valence-electron chi connectivity index (χ4n) is 2.10. The van der Waals surface area contributed by atoms with E-state index in [1.165, 1.54) is 13.8 Å². The molecule has 0 radical (unpaired) electrons. The van der Waals surface area contributed by atoms with Gasteiger partial charge in [-0.05, 0) is 19.8 Å². The summed E-state index contributed by atoms with van der Waals surface area (Å²) in [5.74, 6) is -3.46. The molecule has 0 spiro atoms. The number of nitrogens with one attached hydrogen (secondary N) is 4. The zero-order chi connectivity index (χ0) is 22.7. The van der Waals surface area contributed by atoms with Crippen molar-refractivity contribution >= 4 is 29.9 Å². The zero-order valence-corrected chi connectivity index (χ0v) is 17.0. The van der Waals surface area contributed by atoms with Gasteiger partial charge in [0.25, 0.3) is 0 Å². The van der Waals surface area contributed by atoms with Gasteiger partial charge in [0.15, 0.2) is 0 Å². The summed E-state index contributed by atoms with van der Waals surface area (Å²) in [6.07, 6.45) is 0.483. The molecule has 0 aromatic carbocycles. The molecule has 0 saturated carbocycles. The molecule has 29 heavy (non-hydrogen) atoms. The Morgan fingerprint density at radius 3 is 1.62 bits per heavy atom. The van der Waals surface area contributed by atoms with Crippen LogP contribution in [0.25, 0.3) is 0 Å². The van der Waals surface area contributed by atoms with E-state index in [1.807, 2.05) is 0 Å². The second kappa shape index (κ2) is 12.8. The van der Waals surface area contributed by atoms with Crippen LogP contribution in [-0.2, 0) is 24.0 Å². The van der Waals surface area contributed by atoms with Gasteiger partial charge in [-0.2, -0.15) is 0 Å². The molecule has 0 aliphatic heterocycles. The first kappa shape index (κ1) is 26.4. The molecule has 0 aliphatic carbocycles. The van der Waals surface area contributed by atoms with Gasteiger partial charge < -0.3 is 42.0 Å². The van der Waals surface area contributed by atoms with Crippen LogP contribution < -0.4 is 27.0 Å². The molecule has 5 unspecified atom stereocenters. The van der Waals surface area contributed by atoms with Crippen molar-refractivity contribution < 1.29 is 34.2 Å². The number of aliphatic hydroxyl groups excluding tert-OH is 2. The lowest BCUT2D eigenvalue weighted by molar-refractivity contribution is -0.135. The monoisotopic (exact) mass is 417 g/mol. The molecule has 0 heterocycles. The van der Waals surface area contributed by atoms with Crippen LogP contribution in [0.2, 0.25) is 0 Å². The lowest BCUT2D eigenvalue weighted by Crippen LogP contribution is -2.60. The SMILES string of the molecule is CC(C=O)NC(=O)C(CO)NC(=O)C(NC(=O)C(CO)NC(=O)C(C)N)C(C)C. The molecule has 8 N–H and O–H groups in total. The lowest BCUT2D eigenvalue weighted by Gasteiger charge is -2.26. The molecule has 0 bridgehead atoms. The standard InChI is InChI=1S/C17H31N5O7/c1-8(2)13(22-16(28)12(7-25)20-14(26)10(4)18)17(29)21-11(6-24)15(27)19-9(3)5-23/h5,8-13,24-25H,6-7,18H2,1-4H3,(H,19,27)(H,20,26)(H,21,29)(H,22,28). The van der Waals surface area contributed by atoms with Crippen LogP contribution in [0.5, 0.6) is 0 Å². The van der Waals surface area contributed by atoms with Gasteiger partial charge in [0.2, 0.25) is 23.6 Å². The van der Waals surface area contributed by atoms with Crippen LogP contribution in [0.4, 0.5) is 0 Å². The number of aldehydes is 1. The van der Waals surface area contributed by atoms with Crippen molar-refractivity contribution in [3.8, 4) is 0 Å². The van der Waals surface area contributed by atoms with Crippen LogP contribution in [0.1, 0.15) is 27.7 Å². The number of amides is 4. The summed E-state index contributed by atoms with van der Waals surface area (Å²) in [4.78, 5) is 59.2. The molecule has 0 aliphatic rings. The topological polar surface area (TPSA) is 200 Å². The van der Waals surface area contributed by atoms with Crippen LogP contribution >= 0.6 is 0 Å². The van der Waals surface area contributed by atoms with Gasteiger partial charge >= 0.3 is 0 Å². The van der Waals surface area contributed by atoms with Gasteiger partial charge in [-0.15, -0.1) is 0 Å². The molecule has 0 aromatic heterocycles. The maximum atomic E-state index is 12.5. The molecule has 5 atom stereocenters. The molecule has 0 saturated heterocycles. The smallest absolute Gasteiger partial charge is 0.245 e. The van der Waals surface area contributed by atoms with E-state index in [4.69, 9.17) is 5.73 Å². The maximum absolute atomic E-state index is 12.5. The van der Waals surface area contributed by atoms with E-state index >= 15 is 0 Å². The van der Waals surface area contributed by atoms with Gasteiger partial charge in [0, 0.05) is 0 Å². The zero-order valence-electron chi connectivity index (χ0n) is 17.0. The van der Waals surface area contributed by atoms with Gasteiger partial charge in [-0.1, -0.05) is 13.8 Å². The Bertz CT molecular complexity index is 597. The van der Waals surface area contributed by atoms with E-state index in [9.17, 15) is 34.2 Å². The minimum atomic E-state index is -1.34. The van der Waals surface area contributed by atoms with E-state index in [-0.39, 0.29) is 0 Å². The molecule has 0 rings (SSSR count). The molecule has 12 heteroatoms. The third-order valence-electron chi connectivity index (χ3n) is 3.87. The Kier molecular flexibility index (Phi) is 11.7. The normalized spacial score (nSPS) is 16.0. The molecule has 166 valence electrons. The number of aliphatic hydroxyl groups is 2. The largest absolute Gasteiger partial charge is 0.394 e. The van der Waals surface area contributed by atoms with Crippen LogP contribution in [0, 0.1) is 5.92 Å². The Hall–Kier alpha value is -2.57. The summed E-state index contributed by atoms with van der Waals surface area (Å²) in [7, 11) is 0. The van der Waals surface area contributed by atoms with E-state index < -0.39 is 73.0 Å². The fraction of sp³-hybridized carbons (Fsp3) is 0.706. The summed E-state index contributed by atoms with van der Waals surface area (Å²) in [5, 5.41) is 28.0. The fourth-order valence-corrected chi connectivity index (χ4v) is 2.10. The van der Waals surface area contributed by atoms with E-state index in [1.54, 1.807) is 13.8 Å². The van der Waals surface area contributed by atoms with Crippen molar-refractivity contribution in [2.75, 3.05) is 13.2 Å².